The Labute approximate surface area is 201 Å². The molecule has 7 nitrogen and oxygen atoms in total. The summed E-state index contributed by atoms with van der Waals surface area (Å²) in [4.78, 5) is 17.5. The number of benzene rings is 2. The Morgan fingerprint density at radius 2 is 1.97 bits per heavy atom. The van der Waals surface area contributed by atoms with Crippen LogP contribution < -0.4 is 10.1 Å². The molecule has 0 radical (unpaired) electrons. The Hall–Kier alpha value is -3.13. The van der Waals surface area contributed by atoms with Gasteiger partial charge in [0.15, 0.2) is 0 Å². The Morgan fingerprint density at radius 3 is 2.73 bits per heavy atom. The number of rotatable bonds is 8. The fourth-order valence-electron chi connectivity index (χ4n) is 3.74. The molecule has 3 aromatic rings. The predicted octanol–water partition coefficient (Wildman–Crippen LogP) is 5.56. The molecule has 33 heavy (non-hydrogen) atoms. The molecule has 4 rings (SSSR count). The van der Waals surface area contributed by atoms with Crippen LogP contribution in [0.1, 0.15) is 49.4 Å². The number of anilines is 1. The van der Waals surface area contributed by atoms with Gasteiger partial charge in [-0.05, 0) is 44.0 Å². The summed E-state index contributed by atoms with van der Waals surface area (Å²) in [5.74, 6) is 0.856. The van der Waals surface area contributed by atoms with Gasteiger partial charge in [0.1, 0.15) is 24.7 Å². The predicted molar refractivity (Wildman–Crippen MR) is 130 cm³/mol. The minimum atomic E-state index is -0.539. The van der Waals surface area contributed by atoms with E-state index in [9.17, 15) is 4.79 Å². The number of halogens is 1. The average molecular weight is 511 g/mol. The molecule has 2 heterocycles. The standard InChI is InChI=1S/C25H27BrN4O3/c1-4-5-12-32-24(31)22-17(3)29-25-27-15-28-30(25)23(22)20-13-19(26)10-11-21(20)33-14-18-8-6-16(2)7-9-18/h6-11,13,15,23H,4-5,12,14H2,1-3H3,(H,27,28,29). The number of ether oxygens (including phenoxy) is 2. The van der Waals surface area contributed by atoms with E-state index in [1.54, 1.807) is 4.68 Å². The molecule has 1 aliphatic heterocycles. The number of aryl methyl sites for hydroxylation is 1. The first kappa shape index (κ1) is 23.0. The zero-order valence-electron chi connectivity index (χ0n) is 19.0. The van der Waals surface area contributed by atoms with Gasteiger partial charge in [0.25, 0.3) is 0 Å². The normalized spacial score (nSPS) is 15.1. The quantitative estimate of drug-likeness (QED) is 0.315. The molecule has 0 amide bonds. The highest BCUT2D eigenvalue weighted by Crippen LogP contribution is 2.40. The number of allylic oxidation sites excluding steroid dienone is 1. The molecule has 8 heteroatoms. The molecule has 0 saturated heterocycles. The van der Waals surface area contributed by atoms with Gasteiger partial charge in [0.05, 0.1) is 12.2 Å². The number of nitrogens with one attached hydrogen (secondary N) is 1. The number of nitrogens with zero attached hydrogens (tertiary/aromatic N) is 3. The molecule has 1 N–H and O–H groups in total. The highest BCUT2D eigenvalue weighted by atomic mass is 79.9. The van der Waals surface area contributed by atoms with Gasteiger partial charge >= 0.3 is 5.97 Å². The van der Waals surface area contributed by atoms with Crippen molar-refractivity contribution in [2.24, 2.45) is 0 Å². The summed E-state index contributed by atoms with van der Waals surface area (Å²) in [5, 5.41) is 7.58. The Kier molecular flexibility index (Phi) is 7.13. The second kappa shape index (κ2) is 10.2. The number of unbranched alkanes of at least 4 members (excludes halogenated alkanes) is 1. The van der Waals surface area contributed by atoms with Crippen molar-refractivity contribution in [3.8, 4) is 5.75 Å². The Balaban J connectivity index is 1.72. The summed E-state index contributed by atoms with van der Waals surface area (Å²) in [6, 6.07) is 13.5. The Morgan fingerprint density at radius 1 is 1.18 bits per heavy atom. The number of carbonyl (C=O) groups is 1. The number of hydrogen-bond acceptors (Lipinski definition) is 6. The van der Waals surface area contributed by atoms with Crippen molar-refractivity contribution in [1.82, 2.24) is 14.8 Å². The summed E-state index contributed by atoms with van der Waals surface area (Å²) in [6.07, 6.45) is 3.23. The minimum Gasteiger partial charge on any atom is -0.489 e. The van der Waals surface area contributed by atoms with E-state index in [4.69, 9.17) is 9.47 Å². The molecule has 1 unspecified atom stereocenters. The van der Waals surface area contributed by atoms with Gasteiger partial charge in [-0.2, -0.15) is 10.1 Å². The van der Waals surface area contributed by atoms with Crippen LogP contribution in [0.2, 0.25) is 0 Å². The summed E-state index contributed by atoms with van der Waals surface area (Å²) in [7, 11) is 0. The maximum atomic E-state index is 13.2. The molecular weight excluding hydrogens is 484 g/mol. The highest BCUT2D eigenvalue weighted by molar-refractivity contribution is 9.10. The van der Waals surface area contributed by atoms with Crippen LogP contribution in [-0.4, -0.2) is 27.3 Å². The van der Waals surface area contributed by atoms with Gasteiger partial charge in [-0.1, -0.05) is 59.1 Å². The van der Waals surface area contributed by atoms with Crippen LogP contribution in [0, 0.1) is 6.92 Å². The third-order valence-corrected chi connectivity index (χ3v) is 6.02. The molecule has 0 bridgehead atoms. The fourth-order valence-corrected chi connectivity index (χ4v) is 4.12. The average Bonchev–Trinajstić information content (AvgIpc) is 3.26. The van der Waals surface area contributed by atoms with Crippen LogP contribution in [0.25, 0.3) is 0 Å². The Bertz CT molecular complexity index is 1170. The van der Waals surface area contributed by atoms with E-state index in [0.29, 0.717) is 36.2 Å². The topological polar surface area (TPSA) is 78.3 Å². The summed E-state index contributed by atoms with van der Waals surface area (Å²) < 4.78 is 14.4. The molecule has 0 fully saturated rings. The number of carbonyl (C=O) groups excluding carboxylic acids is 1. The molecule has 172 valence electrons. The first-order chi connectivity index (χ1) is 16.0. The molecule has 0 saturated carbocycles. The van der Waals surface area contributed by atoms with Crippen LogP contribution in [-0.2, 0) is 16.1 Å². The molecular formula is C25H27BrN4O3. The monoisotopic (exact) mass is 510 g/mol. The van der Waals surface area contributed by atoms with E-state index in [1.165, 1.54) is 11.9 Å². The highest BCUT2D eigenvalue weighted by Gasteiger charge is 2.36. The first-order valence-corrected chi connectivity index (χ1v) is 11.8. The zero-order valence-corrected chi connectivity index (χ0v) is 20.6. The van der Waals surface area contributed by atoms with Gasteiger partial charge in [0, 0.05) is 15.7 Å². The van der Waals surface area contributed by atoms with Crippen LogP contribution in [0.15, 0.2) is 64.5 Å². The van der Waals surface area contributed by atoms with Crippen LogP contribution >= 0.6 is 15.9 Å². The third kappa shape index (κ3) is 5.11. The van der Waals surface area contributed by atoms with E-state index in [2.05, 4.69) is 69.4 Å². The van der Waals surface area contributed by atoms with Gasteiger partial charge in [-0.25, -0.2) is 9.48 Å². The van der Waals surface area contributed by atoms with Gasteiger partial charge < -0.3 is 14.8 Å². The van der Waals surface area contributed by atoms with Crippen molar-refractivity contribution < 1.29 is 14.3 Å². The summed E-state index contributed by atoms with van der Waals surface area (Å²) in [6.45, 7) is 6.75. The zero-order chi connectivity index (χ0) is 23.4. The van der Waals surface area contributed by atoms with Gasteiger partial charge in [-0.3, -0.25) is 0 Å². The van der Waals surface area contributed by atoms with Crippen molar-refractivity contribution in [2.75, 3.05) is 11.9 Å². The SMILES string of the molecule is CCCCOC(=O)C1=C(C)Nc2ncnn2C1c1cc(Br)ccc1OCc1ccc(C)cc1. The van der Waals surface area contributed by atoms with E-state index in [1.807, 2.05) is 25.1 Å². The molecule has 1 atom stereocenters. The van der Waals surface area contributed by atoms with Crippen LogP contribution in [0.5, 0.6) is 5.75 Å². The lowest BCUT2D eigenvalue weighted by Crippen LogP contribution is -2.30. The van der Waals surface area contributed by atoms with E-state index in [-0.39, 0.29) is 5.97 Å². The van der Waals surface area contributed by atoms with Crippen molar-refractivity contribution >= 4 is 27.8 Å². The van der Waals surface area contributed by atoms with E-state index in [0.717, 1.165) is 28.4 Å². The molecule has 1 aromatic heterocycles. The van der Waals surface area contributed by atoms with Crippen molar-refractivity contribution in [3.05, 3.63) is 81.2 Å². The van der Waals surface area contributed by atoms with Gasteiger partial charge in [0.2, 0.25) is 5.95 Å². The second-order valence-electron chi connectivity index (χ2n) is 8.04. The molecule has 2 aromatic carbocycles. The molecule has 0 spiro atoms. The summed E-state index contributed by atoms with van der Waals surface area (Å²) >= 11 is 3.57. The smallest absolute Gasteiger partial charge is 0.338 e. The van der Waals surface area contributed by atoms with Crippen molar-refractivity contribution in [3.63, 3.8) is 0 Å². The van der Waals surface area contributed by atoms with E-state index < -0.39 is 6.04 Å². The maximum absolute atomic E-state index is 13.2. The van der Waals surface area contributed by atoms with Crippen LogP contribution in [0.4, 0.5) is 5.95 Å². The van der Waals surface area contributed by atoms with Crippen molar-refractivity contribution in [2.45, 2.75) is 46.3 Å². The van der Waals surface area contributed by atoms with Crippen molar-refractivity contribution in [1.29, 1.82) is 0 Å². The number of hydrogen-bond donors (Lipinski definition) is 1. The number of aromatic nitrogens is 3. The maximum Gasteiger partial charge on any atom is 0.338 e. The van der Waals surface area contributed by atoms with E-state index >= 15 is 0 Å². The molecule has 1 aliphatic rings. The lowest BCUT2D eigenvalue weighted by Gasteiger charge is -2.29. The van der Waals surface area contributed by atoms with Crippen LogP contribution in [0.3, 0.4) is 0 Å². The number of fused-ring (bicyclic) bond motifs is 1. The fraction of sp³-hybridized carbons (Fsp3) is 0.320. The first-order valence-electron chi connectivity index (χ1n) is 11.0. The summed E-state index contributed by atoms with van der Waals surface area (Å²) in [5.41, 5.74) is 4.23. The number of esters is 1. The minimum absolute atomic E-state index is 0.371. The third-order valence-electron chi connectivity index (χ3n) is 5.53. The second-order valence-corrected chi connectivity index (χ2v) is 8.96. The lowest BCUT2D eigenvalue weighted by atomic mass is 9.95. The molecule has 0 aliphatic carbocycles. The lowest BCUT2D eigenvalue weighted by molar-refractivity contribution is -0.139. The van der Waals surface area contributed by atoms with Gasteiger partial charge in [-0.15, -0.1) is 0 Å². The largest absolute Gasteiger partial charge is 0.489 e.